The first kappa shape index (κ1) is 6.60. The summed E-state index contributed by atoms with van der Waals surface area (Å²) in [5.74, 6) is 1.54. The summed E-state index contributed by atoms with van der Waals surface area (Å²) in [6.07, 6.45) is 7.73. The average Bonchev–Trinajstić information content (AvgIpc) is 2.08. The molecule has 0 heteroatoms. The van der Waals surface area contributed by atoms with Crippen molar-refractivity contribution in [1.29, 1.82) is 0 Å². The maximum Gasteiger partial charge on any atom is -0.0733 e. The number of allylic oxidation sites excluding steroid dienone is 2. The Kier molecular flexibility index (Phi) is 1.48. The molecule has 0 aliphatic heterocycles. The highest BCUT2D eigenvalue weighted by molar-refractivity contribution is 5.27. The van der Waals surface area contributed by atoms with E-state index in [1.165, 1.54) is 0 Å². The quantitative estimate of drug-likeness (QED) is 0.433. The van der Waals surface area contributed by atoms with Crippen molar-refractivity contribution in [2.45, 2.75) is 27.2 Å². The fraction of sp³-hybridized carbons (Fsp3) is 0.556. The van der Waals surface area contributed by atoms with Crippen LogP contribution in [0.1, 0.15) is 27.2 Å². The van der Waals surface area contributed by atoms with Crippen molar-refractivity contribution in [2.24, 2.45) is 5.41 Å². The van der Waals surface area contributed by atoms with Gasteiger partial charge in [-0.25, -0.2) is 0 Å². The summed E-state index contributed by atoms with van der Waals surface area (Å²) in [6.45, 7) is 6.77. The van der Waals surface area contributed by atoms with Gasteiger partial charge in [-0.3, -0.25) is 0 Å². The monoisotopic (exact) mass is 122 g/mol. The second kappa shape index (κ2) is 2.02. The predicted octanol–water partition coefficient (Wildman–Crippen LogP) is 2.77. The molecule has 1 rings (SSSR count). The molecular weight excluding hydrogens is 108 g/mol. The zero-order chi connectivity index (χ0) is 6.91. The van der Waals surface area contributed by atoms with Crippen molar-refractivity contribution in [3.8, 4) is 0 Å². The molecule has 0 atom stereocenters. The molecule has 0 spiro atoms. The van der Waals surface area contributed by atoms with Gasteiger partial charge in [0.25, 0.3) is 0 Å². The molecule has 0 aromatic heterocycles. The lowest BCUT2D eigenvalue weighted by atomic mass is 9.81. The molecule has 0 nitrogen and oxygen atoms in total. The van der Waals surface area contributed by atoms with Gasteiger partial charge in [0, 0.05) is 0 Å². The standard InChI is InChI=1S/C9H14/c1-9(2,3)8-6-4-5-7-8/h4-6H,7H2,1-3H3/q-2. The van der Waals surface area contributed by atoms with Crippen molar-refractivity contribution in [1.82, 2.24) is 0 Å². The number of hydrogen-bond acceptors (Lipinski definition) is 0. The van der Waals surface area contributed by atoms with Crippen molar-refractivity contribution in [2.75, 3.05) is 0 Å². The Balaban J connectivity index is 2.53. The van der Waals surface area contributed by atoms with E-state index in [1.807, 2.05) is 0 Å². The lowest BCUT2D eigenvalue weighted by Gasteiger charge is -2.39. The van der Waals surface area contributed by atoms with Gasteiger partial charge in [0.15, 0.2) is 0 Å². The average molecular weight is 122 g/mol. The summed E-state index contributed by atoms with van der Waals surface area (Å²) in [5, 5.41) is 0. The van der Waals surface area contributed by atoms with Crippen LogP contribution in [0.2, 0.25) is 0 Å². The summed E-state index contributed by atoms with van der Waals surface area (Å²) >= 11 is 0. The number of hydrogen-bond donors (Lipinski definition) is 0. The van der Waals surface area contributed by atoms with Crippen LogP contribution in [0.25, 0.3) is 0 Å². The van der Waals surface area contributed by atoms with Crippen LogP contribution in [0.4, 0.5) is 0 Å². The molecule has 0 radical (unpaired) electrons. The van der Waals surface area contributed by atoms with E-state index in [0.29, 0.717) is 5.41 Å². The summed E-state index contributed by atoms with van der Waals surface area (Å²) in [7, 11) is 0. The molecule has 0 saturated carbocycles. The third-order valence-electron chi connectivity index (χ3n) is 1.73. The van der Waals surface area contributed by atoms with Gasteiger partial charge >= 0.3 is 0 Å². The van der Waals surface area contributed by atoms with Gasteiger partial charge in [-0.2, -0.15) is 6.42 Å². The minimum atomic E-state index is 0.378. The lowest BCUT2D eigenvalue weighted by molar-refractivity contribution is 0.446. The third kappa shape index (κ3) is 1.44. The molecule has 1 aliphatic carbocycles. The maximum atomic E-state index is 2.26. The van der Waals surface area contributed by atoms with Gasteiger partial charge in [0.05, 0.1) is 0 Å². The van der Waals surface area contributed by atoms with Crippen LogP contribution in [0, 0.1) is 17.8 Å². The zero-order valence-electron chi connectivity index (χ0n) is 6.44. The van der Waals surface area contributed by atoms with Crippen LogP contribution in [0.3, 0.4) is 0 Å². The van der Waals surface area contributed by atoms with Crippen molar-refractivity contribution in [3.63, 3.8) is 0 Å². The van der Waals surface area contributed by atoms with Crippen LogP contribution in [-0.2, 0) is 0 Å². The van der Waals surface area contributed by atoms with Crippen LogP contribution in [-0.4, -0.2) is 0 Å². The Morgan fingerprint density at radius 1 is 1.44 bits per heavy atom. The first-order chi connectivity index (χ1) is 4.11. The van der Waals surface area contributed by atoms with Gasteiger partial charge < -0.3 is 24.5 Å². The Morgan fingerprint density at radius 3 is 2.33 bits per heavy atom. The summed E-state index contributed by atoms with van der Waals surface area (Å²) < 4.78 is 0. The van der Waals surface area contributed by atoms with Gasteiger partial charge in [-0.05, 0) is 0 Å². The Hall–Kier alpha value is -0.520. The first-order valence-corrected chi connectivity index (χ1v) is 3.47. The van der Waals surface area contributed by atoms with E-state index in [1.54, 1.807) is 5.92 Å². The zero-order valence-corrected chi connectivity index (χ0v) is 6.44. The molecule has 0 N–H and O–H groups in total. The van der Waals surface area contributed by atoms with E-state index in [0.717, 1.165) is 6.42 Å². The van der Waals surface area contributed by atoms with E-state index in [2.05, 4.69) is 39.3 Å². The molecule has 0 heterocycles. The molecule has 0 unspecified atom stereocenters. The second-order valence-corrected chi connectivity index (χ2v) is 3.57. The molecular formula is C9H14-2. The highest BCUT2D eigenvalue weighted by Gasteiger charge is 2.08. The van der Waals surface area contributed by atoms with Crippen LogP contribution in [0.15, 0.2) is 12.2 Å². The van der Waals surface area contributed by atoms with Crippen molar-refractivity contribution < 1.29 is 0 Å². The topological polar surface area (TPSA) is 0 Å². The summed E-state index contributed by atoms with van der Waals surface area (Å²) in [6, 6.07) is 0. The van der Waals surface area contributed by atoms with Crippen molar-refractivity contribution in [3.05, 3.63) is 24.5 Å². The molecule has 9 heavy (non-hydrogen) atoms. The molecule has 0 fully saturated rings. The molecule has 0 aromatic rings. The third-order valence-corrected chi connectivity index (χ3v) is 1.73. The summed E-state index contributed by atoms with van der Waals surface area (Å²) in [5.41, 5.74) is 0.378. The van der Waals surface area contributed by atoms with E-state index >= 15 is 0 Å². The maximum absolute atomic E-state index is 2.26. The Bertz CT molecular complexity index is 114. The van der Waals surface area contributed by atoms with Gasteiger partial charge in [-0.15, -0.1) is 0 Å². The SMILES string of the molecule is CC(C)(C)[C-]1C=C[CH-]C1. The minimum absolute atomic E-state index is 0.378. The van der Waals surface area contributed by atoms with Crippen LogP contribution in [0.5, 0.6) is 0 Å². The summed E-state index contributed by atoms with van der Waals surface area (Å²) in [4.78, 5) is 0. The van der Waals surface area contributed by atoms with E-state index in [-0.39, 0.29) is 0 Å². The molecule has 52 valence electrons. The lowest BCUT2D eigenvalue weighted by Crippen LogP contribution is -2.13. The normalized spacial score (nSPS) is 18.3. The molecule has 1 aliphatic rings. The van der Waals surface area contributed by atoms with E-state index in [9.17, 15) is 0 Å². The highest BCUT2D eigenvalue weighted by atomic mass is 14.3. The number of rotatable bonds is 0. The largest absolute Gasteiger partial charge is 0.379 e. The van der Waals surface area contributed by atoms with Crippen LogP contribution < -0.4 is 0 Å². The molecule has 0 saturated heterocycles. The fourth-order valence-corrected chi connectivity index (χ4v) is 1.00. The van der Waals surface area contributed by atoms with E-state index in [4.69, 9.17) is 0 Å². The second-order valence-electron chi connectivity index (χ2n) is 3.57. The van der Waals surface area contributed by atoms with E-state index < -0.39 is 0 Å². The van der Waals surface area contributed by atoms with Crippen molar-refractivity contribution >= 4 is 0 Å². The molecule has 0 bridgehead atoms. The fourth-order valence-electron chi connectivity index (χ4n) is 1.00. The Morgan fingerprint density at radius 2 is 2.11 bits per heavy atom. The Labute approximate surface area is 58.0 Å². The van der Waals surface area contributed by atoms with Gasteiger partial charge in [0.1, 0.15) is 0 Å². The van der Waals surface area contributed by atoms with Gasteiger partial charge in [0.2, 0.25) is 0 Å². The molecule has 0 aromatic carbocycles. The smallest absolute Gasteiger partial charge is 0.0733 e. The highest BCUT2D eigenvalue weighted by Crippen LogP contribution is 2.35. The minimum Gasteiger partial charge on any atom is -0.379 e. The predicted molar refractivity (Wildman–Crippen MR) is 40.8 cm³/mol. The first-order valence-electron chi connectivity index (χ1n) is 3.47. The molecule has 0 amide bonds. The van der Waals surface area contributed by atoms with Crippen LogP contribution >= 0.6 is 0 Å². The van der Waals surface area contributed by atoms with Gasteiger partial charge in [-0.1, -0.05) is 26.2 Å².